The van der Waals surface area contributed by atoms with E-state index in [0.717, 1.165) is 38.0 Å². The summed E-state index contributed by atoms with van der Waals surface area (Å²) in [5.74, 6) is 2.02. The number of hydrogen-bond donors (Lipinski definition) is 1. The summed E-state index contributed by atoms with van der Waals surface area (Å²) in [6.07, 6.45) is 3.96. The van der Waals surface area contributed by atoms with E-state index in [4.69, 9.17) is 4.52 Å². The number of aliphatic hydroxyl groups excluding tert-OH is 1. The molecule has 0 spiro atoms. The molecule has 1 N–H and O–H groups in total. The van der Waals surface area contributed by atoms with Gasteiger partial charge in [0.15, 0.2) is 5.69 Å². The summed E-state index contributed by atoms with van der Waals surface area (Å²) in [6.45, 7) is 1.42. The molecule has 2 aliphatic carbocycles. The minimum absolute atomic E-state index is 0.0442. The number of carbonyl (C=O) groups is 1. The first-order valence-electron chi connectivity index (χ1n) is 7.16. The number of nitrogens with zero attached hydrogens (tertiary/aromatic N) is 2. The molecule has 1 aliphatic heterocycles. The van der Waals surface area contributed by atoms with Crippen molar-refractivity contribution in [3.63, 3.8) is 0 Å². The van der Waals surface area contributed by atoms with Crippen molar-refractivity contribution in [1.29, 1.82) is 0 Å². The number of aliphatic hydroxyl groups is 1. The van der Waals surface area contributed by atoms with E-state index in [1.807, 2.05) is 4.90 Å². The molecular formula is C14H18N2O3. The van der Waals surface area contributed by atoms with Crippen LogP contribution in [0.25, 0.3) is 0 Å². The van der Waals surface area contributed by atoms with Gasteiger partial charge in [0.1, 0.15) is 5.76 Å². The first-order valence-corrected chi connectivity index (χ1v) is 7.16. The van der Waals surface area contributed by atoms with Crippen molar-refractivity contribution >= 4 is 5.91 Å². The second kappa shape index (κ2) is 4.07. The van der Waals surface area contributed by atoms with Crippen molar-refractivity contribution in [1.82, 2.24) is 10.1 Å². The quantitative estimate of drug-likeness (QED) is 0.874. The molecule has 1 aromatic rings. The Balaban J connectivity index is 1.48. The number of aromatic nitrogens is 1. The fourth-order valence-corrected chi connectivity index (χ4v) is 3.51. The van der Waals surface area contributed by atoms with Gasteiger partial charge in [-0.25, -0.2) is 0 Å². The van der Waals surface area contributed by atoms with Gasteiger partial charge in [-0.15, -0.1) is 0 Å². The second-order valence-electron chi connectivity index (χ2n) is 6.17. The molecule has 3 fully saturated rings. The molecule has 3 aliphatic rings. The first-order chi connectivity index (χ1) is 9.22. The van der Waals surface area contributed by atoms with Crippen molar-refractivity contribution in [2.75, 3.05) is 13.1 Å². The van der Waals surface area contributed by atoms with Gasteiger partial charge in [0.2, 0.25) is 0 Å². The van der Waals surface area contributed by atoms with E-state index in [0.29, 0.717) is 24.1 Å². The summed E-state index contributed by atoms with van der Waals surface area (Å²) in [5.41, 5.74) is 0.427. The molecule has 5 nitrogen and oxygen atoms in total. The number of rotatable bonds is 2. The zero-order valence-electron chi connectivity index (χ0n) is 10.8. The largest absolute Gasteiger partial charge is 0.393 e. The second-order valence-corrected chi connectivity index (χ2v) is 6.17. The van der Waals surface area contributed by atoms with Crippen LogP contribution in [0.1, 0.15) is 47.8 Å². The highest BCUT2D eigenvalue weighted by Crippen LogP contribution is 2.41. The van der Waals surface area contributed by atoms with E-state index < -0.39 is 0 Å². The molecule has 2 saturated carbocycles. The van der Waals surface area contributed by atoms with E-state index >= 15 is 0 Å². The van der Waals surface area contributed by atoms with E-state index in [1.54, 1.807) is 6.07 Å². The maximum absolute atomic E-state index is 12.4. The summed E-state index contributed by atoms with van der Waals surface area (Å²) in [5, 5.41) is 13.8. The lowest BCUT2D eigenvalue weighted by Crippen LogP contribution is -2.31. The van der Waals surface area contributed by atoms with Gasteiger partial charge in [-0.1, -0.05) is 5.16 Å². The Hall–Kier alpha value is -1.36. The minimum Gasteiger partial charge on any atom is -0.393 e. The van der Waals surface area contributed by atoms with E-state index in [1.165, 1.54) is 0 Å². The zero-order chi connectivity index (χ0) is 13.0. The zero-order valence-corrected chi connectivity index (χ0v) is 10.8. The molecule has 5 heteroatoms. The molecule has 3 atom stereocenters. The molecule has 2 heterocycles. The molecule has 1 aromatic heterocycles. The van der Waals surface area contributed by atoms with E-state index in [2.05, 4.69) is 5.16 Å². The maximum Gasteiger partial charge on any atom is 0.276 e. The first kappa shape index (κ1) is 11.5. The van der Waals surface area contributed by atoms with Gasteiger partial charge in [-0.2, -0.15) is 0 Å². The standard InChI is InChI=1S/C14H18N2O3/c17-12-4-3-9-6-16(7-10(9)12)14(18)11-5-13(19-15-11)8-1-2-8/h5,8-10,12,17H,1-4,6-7H2. The number of fused-ring (bicyclic) bond motifs is 1. The van der Waals surface area contributed by atoms with Gasteiger partial charge in [0.05, 0.1) is 6.10 Å². The van der Waals surface area contributed by atoms with Crippen molar-refractivity contribution < 1.29 is 14.4 Å². The highest BCUT2D eigenvalue weighted by atomic mass is 16.5. The van der Waals surface area contributed by atoms with Crippen LogP contribution in [-0.2, 0) is 0 Å². The Bertz CT molecular complexity index is 509. The van der Waals surface area contributed by atoms with Gasteiger partial charge in [-0.3, -0.25) is 4.79 Å². The van der Waals surface area contributed by atoms with E-state index in [-0.39, 0.29) is 17.9 Å². The van der Waals surface area contributed by atoms with Gasteiger partial charge in [-0.05, 0) is 31.6 Å². The molecule has 1 amide bonds. The van der Waals surface area contributed by atoms with Crippen LogP contribution in [-0.4, -0.2) is 40.3 Å². The van der Waals surface area contributed by atoms with Crippen LogP contribution in [0.3, 0.4) is 0 Å². The Morgan fingerprint density at radius 1 is 1.32 bits per heavy atom. The summed E-state index contributed by atoms with van der Waals surface area (Å²) >= 11 is 0. The van der Waals surface area contributed by atoms with Crippen LogP contribution >= 0.6 is 0 Å². The lowest BCUT2D eigenvalue weighted by atomic mass is 10.00. The SMILES string of the molecule is O=C(c1cc(C2CC2)on1)N1CC2CCC(O)C2C1. The van der Waals surface area contributed by atoms with E-state index in [9.17, 15) is 9.90 Å². The van der Waals surface area contributed by atoms with Gasteiger partial charge < -0.3 is 14.5 Å². The third-order valence-corrected chi connectivity index (χ3v) is 4.83. The van der Waals surface area contributed by atoms with Crippen LogP contribution in [0.4, 0.5) is 0 Å². The highest BCUT2D eigenvalue weighted by molar-refractivity contribution is 5.92. The topological polar surface area (TPSA) is 66.6 Å². The summed E-state index contributed by atoms with van der Waals surface area (Å²) in [4.78, 5) is 14.2. The molecule has 4 rings (SSSR count). The molecule has 0 radical (unpaired) electrons. The fourth-order valence-electron chi connectivity index (χ4n) is 3.51. The third kappa shape index (κ3) is 1.87. The van der Waals surface area contributed by atoms with Gasteiger partial charge >= 0.3 is 0 Å². The van der Waals surface area contributed by atoms with Crippen LogP contribution in [0.5, 0.6) is 0 Å². The third-order valence-electron chi connectivity index (χ3n) is 4.83. The van der Waals surface area contributed by atoms with Crippen molar-refractivity contribution in [2.45, 2.75) is 37.7 Å². The van der Waals surface area contributed by atoms with Crippen molar-refractivity contribution in [3.8, 4) is 0 Å². The van der Waals surface area contributed by atoms with Gasteiger partial charge in [0.25, 0.3) is 5.91 Å². The molecule has 0 aromatic carbocycles. The van der Waals surface area contributed by atoms with Crippen molar-refractivity contribution in [3.05, 3.63) is 17.5 Å². The van der Waals surface area contributed by atoms with Crippen LogP contribution < -0.4 is 0 Å². The summed E-state index contributed by atoms with van der Waals surface area (Å²) < 4.78 is 5.24. The van der Waals surface area contributed by atoms with Crippen LogP contribution in [0.2, 0.25) is 0 Å². The number of likely N-dealkylation sites (tertiary alicyclic amines) is 1. The summed E-state index contributed by atoms with van der Waals surface area (Å²) in [7, 11) is 0. The monoisotopic (exact) mass is 262 g/mol. The molecule has 102 valence electrons. The average Bonchev–Trinajstić information content (AvgIpc) is 2.88. The lowest BCUT2D eigenvalue weighted by molar-refractivity contribution is 0.0742. The Labute approximate surface area is 111 Å². The highest BCUT2D eigenvalue weighted by Gasteiger charge is 2.44. The predicted molar refractivity (Wildman–Crippen MR) is 66.6 cm³/mol. The predicted octanol–water partition coefficient (Wildman–Crippen LogP) is 1.39. The smallest absolute Gasteiger partial charge is 0.276 e. The molecular weight excluding hydrogens is 244 g/mol. The van der Waals surface area contributed by atoms with Gasteiger partial charge in [0, 0.05) is 31.0 Å². The normalized spacial score (nSPS) is 33.7. The molecule has 0 bridgehead atoms. The van der Waals surface area contributed by atoms with Crippen LogP contribution in [0, 0.1) is 11.8 Å². The Morgan fingerprint density at radius 2 is 2.16 bits per heavy atom. The summed E-state index contributed by atoms with van der Waals surface area (Å²) in [6, 6.07) is 1.80. The number of amides is 1. The molecule has 1 saturated heterocycles. The van der Waals surface area contributed by atoms with Crippen LogP contribution in [0.15, 0.2) is 10.6 Å². The number of carbonyl (C=O) groups excluding carboxylic acids is 1. The Morgan fingerprint density at radius 3 is 2.89 bits per heavy atom. The minimum atomic E-state index is -0.234. The lowest BCUT2D eigenvalue weighted by Gasteiger charge is -2.16. The maximum atomic E-state index is 12.4. The fraction of sp³-hybridized carbons (Fsp3) is 0.714. The molecule has 19 heavy (non-hydrogen) atoms. The average molecular weight is 262 g/mol. The number of hydrogen-bond acceptors (Lipinski definition) is 4. The molecule has 3 unspecified atom stereocenters. The van der Waals surface area contributed by atoms with Crippen molar-refractivity contribution in [2.24, 2.45) is 11.8 Å². The Kier molecular flexibility index (Phi) is 2.45.